The molecule has 144 valence electrons. The van der Waals surface area contributed by atoms with E-state index in [9.17, 15) is 4.79 Å². The largest absolute Gasteiger partial charge is 0.497 e. The highest BCUT2D eigenvalue weighted by molar-refractivity contribution is 5.92. The summed E-state index contributed by atoms with van der Waals surface area (Å²) in [6, 6.07) is 5.47. The van der Waals surface area contributed by atoms with E-state index in [0.717, 1.165) is 36.6 Å². The fourth-order valence-corrected chi connectivity index (χ4v) is 3.21. The Kier molecular flexibility index (Phi) is 6.46. The Morgan fingerprint density at radius 2 is 2.11 bits per heavy atom. The zero-order valence-electron chi connectivity index (χ0n) is 15.9. The number of carbonyl (C=O) groups is 1. The molecule has 0 radical (unpaired) electrons. The molecule has 0 fully saturated rings. The van der Waals surface area contributed by atoms with Gasteiger partial charge in [-0.05, 0) is 31.1 Å². The van der Waals surface area contributed by atoms with Crippen molar-refractivity contribution in [3.63, 3.8) is 0 Å². The van der Waals surface area contributed by atoms with Crippen molar-refractivity contribution in [2.24, 2.45) is 0 Å². The number of ether oxygens (including phenoxy) is 2. The van der Waals surface area contributed by atoms with Gasteiger partial charge in [0.05, 0.1) is 14.2 Å². The number of aryl methyl sites for hydroxylation is 1. The summed E-state index contributed by atoms with van der Waals surface area (Å²) >= 11 is 0. The van der Waals surface area contributed by atoms with Crippen LogP contribution in [-0.2, 0) is 24.2 Å². The van der Waals surface area contributed by atoms with Crippen LogP contribution in [0.25, 0.3) is 6.08 Å². The van der Waals surface area contributed by atoms with Crippen molar-refractivity contribution in [2.75, 3.05) is 20.8 Å². The fraction of sp³-hybridized carbons (Fsp3) is 0.450. The topological polar surface area (TPSA) is 78.3 Å². The van der Waals surface area contributed by atoms with E-state index in [1.807, 2.05) is 12.1 Å². The number of rotatable bonds is 7. The second-order valence-corrected chi connectivity index (χ2v) is 6.48. The average molecular weight is 370 g/mol. The first-order chi connectivity index (χ1) is 13.2. The lowest BCUT2D eigenvalue weighted by Crippen LogP contribution is -2.24. The van der Waals surface area contributed by atoms with Gasteiger partial charge in [0, 0.05) is 43.6 Å². The first-order valence-electron chi connectivity index (χ1n) is 9.30. The number of fused-ring (bicyclic) bond motifs is 1. The minimum atomic E-state index is -0.150. The van der Waals surface area contributed by atoms with E-state index in [1.54, 1.807) is 26.4 Å². The van der Waals surface area contributed by atoms with Crippen molar-refractivity contribution in [3.8, 4) is 11.5 Å². The van der Waals surface area contributed by atoms with Gasteiger partial charge in [-0.25, -0.2) is 0 Å². The van der Waals surface area contributed by atoms with Crippen LogP contribution in [0.15, 0.2) is 24.3 Å². The Morgan fingerprint density at radius 1 is 1.22 bits per heavy atom. The molecule has 1 aromatic carbocycles. The molecule has 2 aromatic rings. The predicted octanol–water partition coefficient (Wildman–Crippen LogP) is 2.39. The summed E-state index contributed by atoms with van der Waals surface area (Å²) in [5, 5.41) is 11.5. The van der Waals surface area contributed by atoms with Crippen LogP contribution >= 0.6 is 0 Å². The van der Waals surface area contributed by atoms with Crippen LogP contribution < -0.4 is 14.8 Å². The Labute approximate surface area is 159 Å². The molecule has 1 aliphatic heterocycles. The highest BCUT2D eigenvalue weighted by Crippen LogP contribution is 2.25. The van der Waals surface area contributed by atoms with E-state index >= 15 is 0 Å². The lowest BCUT2D eigenvalue weighted by molar-refractivity contribution is -0.116. The van der Waals surface area contributed by atoms with E-state index in [4.69, 9.17) is 9.47 Å². The Hall–Kier alpha value is -2.83. The van der Waals surface area contributed by atoms with Crippen LogP contribution in [0, 0.1) is 0 Å². The van der Waals surface area contributed by atoms with E-state index in [1.165, 1.54) is 18.9 Å². The zero-order valence-corrected chi connectivity index (χ0v) is 15.9. The van der Waals surface area contributed by atoms with Gasteiger partial charge >= 0.3 is 0 Å². The normalized spacial score (nSPS) is 13.9. The lowest BCUT2D eigenvalue weighted by atomic mass is 10.1. The molecule has 2 heterocycles. The number of nitrogens with one attached hydrogen (secondary N) is 1. The molecular formula is C20H26N4O3. The molecule has 0 saturated heterocycles. The van der Waals surface area contributed by atoms with Crippen LogP contribution in [-0.4, -0.2) is 41.4 Å². The van der Waals surface area contributed by atoms with Gasteiger partial charge in [0.15, 0.2) is 0 Å². The van der Waals surface area contributed by atoms with Crippen LogP contribution in [0.2, 0.25) is 0 Å². The van der Waals surface area contributed by atoms with Crippen molar-refractivity contribution < 1.29 is 14.3 Å². The first kappa shape index (κ1) is 18.9. The molecule has 0 bridgehead atoms. The number of aromatic nitrogens is 3. The Morgan fingerprint density at radius 3 is 2.93 bits per heavy atom. The minimum Gasteiger partial charge on any atom is -0.497 e. The molecule has 3 rings (SSSR count). The summed E-state index contributed by atoms with van der Waals surface area (Å²) in [5.41, 5.74) is 0.816. The number of benzene rings is 1. The van der Waals surface area contributed by atoms with Crippen LogP contribution in [0.5, 0.6) is 11.5 Å². The summed E-state index contributed by atoms with van der Waals surface area (Å²) in [6.45, 7) is 1.50. The summed E-state index contributed by atoms with van der Waals surface area (Å²) in [7, 11) is 3.19. The SMILES string of the molecule is COc1ccc(/C=C/C(=O)NCCc2nnc3n2CCCCC3)c(OC)c1. The maximum atomic E-state index is 12.1. The van der Waals surface area contributed by atoms with E-state index in [0.29, 0.717) is 24.5 Å². The lowest BCUT2D eigenvalue weighted by Gasteiger charge is -2.08. The van der Waals surface area contributed by atoms with Gasteiger partial charge in [0.2, 0.25) is 5.91 Å². The molecule has 0 aliphatic carbocycles. The number of amides is 1. The van der Waals surface area contributed by atoms with Gasteiger partial charge in [0.25, 0.3) is 0 Å². The highest BCUT2D eigenvalue weighted by atomic mass is 16.5. The van der Waals surface area contributed by atoms with Crippen molar-refractivity contribution in [1.82, 2.24) is 20.1 Å². The minimum absolute atomic E-state index is 0.150. The van der Waals surface area contributed by atoms with Crippen LogP contribution in [0.1, 0.15) is 36.5 Å². The standard InChI is InChI=1S/C20H26N4O3/c1-26-16-9-7-15(17(14-16)27-2)8-10-20(25)21-12-11-19-23-22-18-6-4-3-5-13-24(18)19/h7-10,14H,3-6,11-13H2,1-2H3,(H,21,25)/b10-8+. The van der Waals surface area contributed by atoms with Crippen molar-refractivity contribution in [2.45, 2.75) is 38.6 Å². The molecule has 1 N–H and O–H groups in total. The van der Waals surface area contributed by atoms with E-state index in [-0.39, 0.29) is 5.91 Å². The van der Waals surface area contributed by atoms with Gasteiger partial charge in [-0.15, -0.1) is 10.2 Å². The molecule has 0 atom stereocenters. The van der Waals surface area contributed by atoms with Gasteiger partial charge < -0.3 is 19.4 Å². The molecule has 0 saturated carbocycles. The van der Waals surface area contributed by atoms with Gasteiger partial charge in [-0.1, -0.05) is 6.42 Å². The molecule has 0 unspecified atom stereocenters. The van der Waals surface area contributed by atoms with Crippen molar-refractivity contribution in [3.05, 3.63) is 41.5 Å². The predicted molar refractivity (Wildman–Crippen MR) is 103 cm³/mol. The number of methoxy groups -OCH3 is 2. The molecule has 1 amide bonds. The summed E-state index contributed by atoms with van der Waals surface area (Å²) in [4.78, 5) is 12.1. The van der Waals surface area contributed by atoms with Gasteiger partial charge in [0.1, 0.15) is 23.1 Å². The quantitative estimate of drug-likeness (QED) is 0.757. The first-order valence-corrected chi connectivity index (χ1v) is 9.30. The summed E-state index contributed by atoms with van der Waals surface area (Å²) in [5.74, 6) is 3.24. The van der Waals surface area contributed by atoms with Crippen molar-refractivity contribution in [1.29, 1.82) is 0 Å². The molecular weight excluding hydrogens is 344 g/mol. The second-order valence-electron chi connectivity index (χ2n) is 6.48. The average Bonchev–Trinajstić information content (AvgIpc) is 2.92. The number of nitrogens with zero attached hydrogens (tertiary/aromatic N) is 3. The highest BCUT2D eigenvalue weighted by Gasteiger charge is 2.14. The zero-order chi connectivity index (χ0) is 19.1. The number of hydrogen-bond donors (Lipinski definition) is 1. The van der Waals surface area contributed by atoms with Crippen LogP contribution in [0.4, 0.5) is 0 Å². The number of hydrogen-bond acceptors (Lipinski definition) is 5. The monoisotopic (exact) mass is 370 g/mol. The van der Waals surface area contributed by atoms with Gasteiger partial charge in [-0.3, -0.25) is 4.79 Å². The van der Waals surface area contributed by atoms with Crippen LogP contribution in [0.3, 0.4) is 0 Å². The van der Waals surface area contributed by atoms with Gasteiger partial charge in [-0.2, -0.15) is 0 Å². The molecule has 7 nitrogen and oxygen atoms in total. The second kappa shape index (κ2) is 9.21. The Bertz CT molecular complexity index is 814. The molecule has 7 heteroatoms. The summed E-state index contributed by atoms with van der Waals surface area (Å²) in [6.07, 6.45) is 8.49. The van der Waals surface area contributed by atoms with Crippen molar-refractivity contribution >= 4 is 12.0 Å². The fourth-order valence-electron chi connectivity index (χ4n) is 3.21. The maximum Gasteiger partial charge on any atom is 0.244 e. The number of carbonyl (C=O) groups excluding carboxylic acids is 1. The van der Waals surface area contributed by atoms with E-state index in [2.05, 4.69) is 20.1 Å². The maximum absolute atomic E-state index is 12.1. The third-order valence-electron chi connectivity index (χ3n) is 4.69. The Balaban J connectivity index is 1.53. The van der Waals surface area contributed by atoms with E-state index < -0.39 is 0 Å². The molecule has 27 heavy (non-hydrogen) atoms. The smallest absolute Gasteiger partial charge is 0.244 e. The molecule has 1 aliphatic rings. The molecule has 0 spiro atoms. The molecule has 1 aromatic heterocycles. The third-order valence-corrected chi connectivity index (χ3v) is 4.69. The summed E-state index contributed by atoms with van der Waals surface area (Å²) < 4.78 is 12.7. The third kappa shape index (κ3) is 4.87.